The van der Waals surface area contributed by atoms with E-state index < -0.39 is 11.9 Å². The molecule has 0 aliphatic carbocycles. The van der Waals surface area contributed by atoms with Crippen LogP contribution in [0.1, 0.15) is 33.9 Å². The lowest BCUT2D eigenvalue weighted by Gasteiger charge is -2.19. The number of hydrogen-bond acceptors (Lipinski definition) is 3. The molecule has 25 heavy (non-hydrogen) atoms. The second kappa shape index (κ2) is 7.72. The van der Waals surface area contributed by atoms with Gasteiger partial charge >= 0.3 is 0 Å². The smallest absolute Gasteiger partial charge is 0.279 e. The molecular formula is C17H19Cl2N3O2S. The fraction of sp³-hybridized carbons (Fsp3) is 0.353. The second-order valence-corrected chi connectivity index (χ2v) is 7.85. The second-order valence-electron chi connectivity index (χ2n) is 5.85. The van der Waals surface area contributed by atoms with Gasteiger partial charge in [0.2, 0.25) is 5.91 Å². The van der Waals surface area contributed by atoms with Crippen molar-refractivity contribution in [3.05, 3.63) is 49.2 Å². The molecule has 0 aliphatic heterocycles. The summed E-state index contributed by atoms with van der Waals surface area (Å²) < 4.78 is 1.79. The summed E-state index contributed by atoms with van der Waals surface area (Å²) in [5.41, 5.74) is 1.25. The van der Waals surface area contributed by atoms with Crippen LogP contribution >= 0.6 is 34.5 Å². The Labute approximate surface area is 160 Å². The number of benzene rings is 1. The SMILES string of the molecule is Cc1sc(=NC(=O)c2ccc(Cl)c(Cl)c2)n([C@@H](C)C(=O)N(C)C)c1C. The quantitative estimate of drug-likeness (QED) is 0.786. The molecule has 1 aromatic heterocycles. The molecule has 2 rings (SSSR count). The van der Waals surface area contributed by atoms with Crippen LogP contribution < -0.4 is 4.80 Å². The monoisotopic (exact) mass is 399 g/mol. The fourth-order valence-electron chi connectivity index (χ4n) is 2.37. The van der Waals surface area contributed by atoms with Gasteiger partial charge in [-0.15, -0.1) is 11.3 Å². The van der Waals surface area contributed by atoms with Crippen LogP contribution in [0.25, 0.3) is 0 Å². The van der Waals surface area contributed by atoms with Gasteiger partial charge in [-0.05, 0) is 39.0 Å². The lowest BCUT2D eigenvalue weighted by molar-refractivity contribution is -0.131. The van der Waals surface area contributed by atoms with E-state index in [-0.39, 0.29) is 5.91 Å². The van der Waals surface area contributed by atoms with Crippen LogP contribution in [0, 0.1) is 13.8 Å². The van der Waals surface area contributed by atoms with Crippen molar-refractivity contribution in [2.45, 2.75) is 26.8 Å². The summed E-state index contributed by atoms with van der Waals surface area (Å²) in [5, 5.41) is 0.673. The molecule has 1 heterocycles. The molecule has 0 N–H and O–H groups in total. The molecule has 0 saturated carbocycles. The predicted molar refractivity (Wildman–Crippen MR) is 102 cm³/mol. The standard InChI is InChI=1S/C17H19Cl2N3O2S/c1-9-11(3)25-17(22(9)10(2)16(24)21(4)5)20-15(23)12-6-7-13(18)14(19)8-12/h6-8,10H,1-5H3/t10-/m0/s1. The molecule has 1 aromatic carbocycles. The number of rotatable bonds is 3. The minimum Gasteiger partial charge on any atom is -0.347 e. The van der Waals surface area contributed by atoms with Crippen molar-refractivity contribution in [1.29, 1.82) is 0 Å². The third kappa shape index (κ3) is 4.14. The van der Waals surface area contributed by atoms with Crippen LogP contribution in [0.15, 0.2) is 23.2 Å². The number of amides is 2. The first-order valence-corrected chi connectivity index (χ1v) is 9.14. The van der Waals surface area contributed by atoms with E-state index in [9.17, 15) is 9.59 Å². The lowest BCUT2D eigenvalue weighted by Crippen LogP contribution is -2.34. The number of carbonyl (C=O) groups excluding carboxylic acids is 2. The Morgan fingerprint density at radius 2 is 1.84 bits per heavy atom. The first kappa shape index (κ1) is 19.7. The molecule has 0 unspecified atom stereocenters. The summed E-state index contributed by atoms with van der Waals surface area (Å²) >= 11 is 13.2. The Bertz CT molecular complexity index is 900. The van der Waals surface area contributed by atoms with E-state index >= 15 is 0 Å². The summed E-state index contributed by atoms with van der Waals surface area (Å²) in [6.45, 7) is 5.64. The highest BCUT2D eigenvalue weighted by Gasteiger charge is 2.21. The molecule has 2 aromatic rings. The van der Waals surface area contributed by atoms with E-state index in [0.717, 1.165) is 10.6 Å². The number of thiazole rings is 1. The molecule has 0 spiro atoms. The minimum atomic E-state index is -0.458. The van der Waals surface area contributed by atoms with Crippen LogP contribution in [-0.2, 0) is 4.79 Å². The van der Waals surface area contributed by atoms with Gasteiger partial charge in [0.25, 0.3) is 5.91 Å². The topological polar surface area (TPSA) is 54.7 Å². The van der Waals surface area contributed by atoms with Gasteiger partial charge in [0.15, 0.2) is 4.80 Å². The molecular weight excluding hydrogens is 381 g/mol. The summed E-state index contributed by atoms with van der Waals surface area (Å²) in [7, 11) is 3.40. The van der Waals surface area contributed by atoms with Crippen molar-refractivity contribution in [1.82, 2.24) is 9.47 Å². The van der Waals surface area contributed by atoms with Gasteiger partial charge in [-0.25, -0.2) is 0 Å². The molecule has 2 amide bonds. The highest BCUT2D eigenvalue weighted by molar-refractivity contribution is 7.09. The molecule has 0 aliphatic rings. The van der Waals surface area contributed by atoms with Gasteiger partial charge in [-0.2, -0.15) is 4.99 Å². The van der Waals surface area contributed by atoms with E-state index in [1.54, 1.807) is 37.7 Å². The van der Waals surface area contributed by atoms with Crippen LogP contribution in [0.3, 0.4) is 0 Å². The van der Waals surface area contributed by atoms with Crippen LogP contribution in [0.4, 0.5) is 0 Å². The average Bonchev–Trinajstić information content (AvgIpc) is 2.82. The van der Waals surface area contributed by atoms with Gasteiger partial charge in [0.1, 0.15) is 6.04 Å². The molecule has 0 fully saturated rings. The maximum absolute atomic E-state index is 12.5. The Hall–Kier alpha value is -1.63. The predicted octanol–water partition coefficient (Wildman–Crippen LogP) is 3.86. The highest BCUT2D eigenvalue weighted by atomic mass is 35.5. The molecule has 0 saturated heterocycles. The number of likely N-dealkylation sites (N-methyl/N-ethyl adjacent to an activating group) is 1. The van der Waals surface area contributed by atoms with Crippen molar-refractivity contribution in [2.24, 2.45) is 4.99 Å². The van der Waals surface area contributed by atoms with Crippen LogP contribution in [0.5, 0.6) is 0 Å². The average molecular weight is 400 g/mol. The Morgan fingerprint density at radius 1 is 1.20 bits per heavy atom. The highest BCUT2D eigenvalue weighted by Crippen LogP contribution is 2.23. The van der Waals surface area contributed by atoms with Crippen LogP contribution in [0.2, 0.25) is 10.0 Å². The van der Waals surface area contributed by atoms with Crippen molar-refractivity contribution >= 4 is 46.4 Å². The normalized spacial score (nSPS) is 13.0. The van der Waals surface area contributed by atoms with Crippen molar-refractivity contribution in [2.75, 3.05) is 14.1 Å². The maximum atomic E-state index is 12.5. The van der Waals surface area contributed by atoms with Crippen molar-refractivity contribution in [3.8, 4) is 0 Å². The van der Waals surface area contributed by atoms with Crippen molar-refractivity contribution in [3.63, 3.8) is 0 Å². The molecule has 1 atom stereocenters. The number of aryl methyl sites for hydroxylation is 1. The lowest BCUT2D eigenvalue weighted by atomic mass is 10.2. The third-order valence-electron chi connectivity index (χ3n) is 3.87. The molecule has 0 radical (unpaired) electrons. The number of hydrogen-bond donors (Lipinski definition) is 0. The van der Waals surface area contributed by atoms with Gasteiger partial charge < -0.3 is 9.47 Å². The molecule has 134 valence electrons. The number of aromatic nitrogens is 1. The number of nitrogens with zero attached hydrogens (tertiary/aromatic N) is 3. The third-order valence-corrected chi connectivity index (χ3v) is 5.68. The number of halogens is 2. The van der Waals surface area contributed by atoms with Gasteiger partial charge in [-0.3, -0.25) is 9.59 Å². The van der Waals surface area contributed by atoms with E-state index in [1.807, 2.05) is 13.8 Å². The summed E-state index contributed by atoms with van der Waals surface area (Å²) in [6, 6.07) is 4.16. The molecule has 8 heteroatoms. The zero-order valence-corrected chi connectivity index (χ0v) is 17.0. The molecule has 0 bridgehead atoms. The Balaban J connectivity index is 2.53. The van der Waals surface area contributed by atoms with E-state index in [1.165, 1.54) is 22.3 Å². The van der Waals surface area contributed by atoms with Gasteiger partial charge in [-0.1, -0.05) is 23.2 Å². The van der Waals surface area contributed by atoms with Gasteiger partial charge in [0.05, 0.1) is 10.0 Å². The Morgan fingerprint density at radius 3 is 2.40 bits per heavy atom. The van der Waals surface area contributed by atoms with E-state index in [2.05, 4.69) is 4.99 Å². The van der Waals surface area contributed by atoms with E-state index in [4.69, 9.17) is 23.2 Å². The zero-order chi connectivity index (χ0) is 18.9. The number of carbonyl (C=O) groups is 2. The van der Waals surface area contributed by atoms with Crippen LogP contribution in [-0.4, -0.2) is 35.4 Å². The van der Waals surface area contributed by atoms with Crippen molar-refractivity contribution < 1.29 is 9.59 Å². The summed E-state index contributed by atoms with van der Waals surface area (Å²) in [6.07, 6.45) is 0. The largest absolute Gasteiger partial charge is 0.347 e. The summed E-state index contributed by atoms with van der Waals surface area (Å²) in [5.74, 6) is -0.498. The Kier molecular flexibility index (Phi) is 6.08. The summed E-state index contributed by atoms with van der Waals surface area (Å²) in [4.78, 5) is 32.1. The van der Waals surface area contributed by atoms with Gasteiger partial charge in [0, 0.05) is 30.2 Å². The zero-order valence-electron chi connectivity index (χ0n) is 14.6. The van der Waals surface area contributed by atoms with E-state index in [0.29, 0.717) is 20.4 Å². The first-order chi connectivity index (χ1) is 11.6. The molecule has 5 nitrogen and oxygen atoms in total. The first-order valence-electron chi connectivity index (χ1n) is 7.57. The minimum absolute atomic E-state index is 0.0654. The fourth-order valence-corrected chi connectivity index (χ4v) is 3.71. The maximum Gasteiger partial charge on any atom is 0.279 e.